The third kappa shape index (κ3) is 1.86. The highest BCUT2D eigenvalue weighted by Gasteiger charge is 2.31. The Labute approximate surface area is 94.8 Å². The number of hydrogen-bond acceptors (Lipinski definition) is 4. The molecule has 0 bridgehead atoms. The SMILES string of the molecule is COc1ccc(OC)c2c1COC(C)(O)C2. The second-order valence-corrected chi connectivity index (χ2v) is 4.07. The Bertz CT molecular complexity index is 398. The monoisotopic (exact) mass is 224 g/mol. The Morgan fingerprint density at radius 2 is 1.75 bits per heavy atom. The van der Waals surface area contributed by atoms with Crippen LogP contribution in [0.15, 0.2) is 12.1 Å². The second kappa shape index (κ2) is 3.96. The van der Waals surface area contributed by atoms with Crippen molar-refractivity contribution in [3.63, 3.8) is 0 Å². The van der Waals surface area contributed by atoms with Crippen molar-refractivity contribution in [1.29, 1.82) is 0 Å². The normalized spacial score (nSPS) is 23.8. The maximum atomic E-state index is 9.89. The van der Waals surface area contributed by atoms with E-state index in [0.29, 0.717) is 13.0 Å². The fourth-order valence-corrected chi connectivity index (χ4v) is 1.99. The van der Waals surface area contributed by atoms with Crippen LogP contribution in [0.1, 0.15) is 18.1 Å². The van der Waals surface area contributed by atoms with Crippen LogP contribution < -0.4 is 9.47 Å². The molecule has 0 radical (unpaired) electrons. The van der Waals surface area contributed by atoms with Gasteiger partial charge in [0.1, 0.15) is 11.5 Å². The molecule has 0 spiro atoms. The van der Waals surface area contributed by atoms with Gasteiger partial charge in [0, 0.05) is 17.5 Å². The second-order valence-electron chi connectivity index (χ2n) is 4.07. The number of rotatable bonds is 2. The molecule has 1 N–H and O–H groups in total. The van der Waals surface area contributed by atoms with E-state index in [1.54, 1.807) is 21.1 Å². The van der Waals surface area contributed by atoms with Gasteiger partial charge in [-0.05, 0) is 19.1 Å². The van der Waals surface area contributed by atoms with E-state index < -0.39 is 5.79 Å². The quantitative estimate of drug-likeness (QED) is 0.826. The molecular weight excluding hydrogens is 208 g/mol. The molecule has 1 aliphatic rings. The molecule has 4 heteroatoms. The van der Waals surface area contributed by atoms with E-state index in [0.717, 1.165) is 22.6 Å². The fourth-order valence-electron chi connectivity index (χ4n) is 1.99. The van der Waals surface area contributed by atoms with Crippen molar-refractivity contribution in [2.45, 2.75) is 25.7 Å². The van der Waals surface area contributed by atoms with Crippen LogP contribution in [-0.2, 0) is 17.8 Å². The zero-order valence-corrected chi connectivity index (χ0v) is 9.74. The largest absolute Gasteiger partial charge is 0.496 e. The van der Waals surface area contributed by atoms with Crippen molar-refractivity contribution in [3.8, 4) is 11.5 Å². The van der Waals surface area contributed by atoms with Gasteiger partial charge in [-0.1, -0.05) is 0 Å². The topological polar surface area (TPSA) is 47.9 Å². The smallest absolute Gasteiger partial charge is 0.167 e. The van der Waals surface area contributed by atoms with Crippen LogP contribution in [0.5, 0.6) is 11.5 Å². The first-order valence-corrected chi connectivity index (χ1v) is 5.16. The predicted octanol–water partition coefficient (Wildman–Crippen LogP) is 1.48. The molecule has 0 amide bonds. The number of benzene rings is 1. The molecule has 0 fully saturated rings. The highest BCUT2D eigenvalue weighted by atomic mass is 16.6. The minimum Gasteiger partial charge on any atom is -0.496 e. The highest BCUT2D eigenvalue weighted by molar-refractivity contribution is 5.49. The summed E-state index contributed by atoms with van der Waals surface area (Å²) in [7, 11) is 3.24. The summed E-state index contributed by atoms with van der Waals surface area (Å²) in [5.41, 5.74) is 1.91. The van der Waals surface area contributed by atoms with Gasteiger partial charge in [-0.15, -0.1) is 0 Å². The van der Waals surface area contributed by atoms with E-state index in [2.05, 4.69) is 0 Å². The van der Waals surface area contributed by atoms with Crippen molar-refractivity contribution in [3.05, 3.63) is 23.3 Å². The molecule has 88 valence electrons. The zero-order valence-electron chi connectivity index (χ0n) is 9.74. The molecule has 0 aliphatic carbocycles. The Hall–Kier alpha value is -1.26. The standard InChI is InChI=1S/C12H16O4/c1-12(13)6-8-9(7-16-12)11(15-3)5-4-10(8)14-2/h4-5,13H,6-7H2,1-3H3. The molecule has 1 aromatic rings. The number of fused-ring (bicyclic) bond motifs is 1. The molecule has 1 unspecified atom stereocenters. The van der Waals surface area contributed by atoms with Gasteiger partial charge in [-0.3, -0.25) is 0 Å². The van der Waals surface area contributed by atoms with Gasteiger partial charge in [0.25, 0.3) is 0 Å². The van der Waals surface area contributed by atoms with Crippen LogP contribution in [0.4, 0.5) is 0 Å². The molecular formula is C12H16O4. The van der Waals surface area contributed by atoms with Crippen molar-refractivity contribution >= 4 is 0 Å². The van der Waals surface area contributed by atoms with Gasteiger partial charge in [0.15, 0.2) is 5.79 Å². The molecule has 2 rings (SSSR count). The fraction of sp³-hybridized carbons (Fsp3) is 0.500. The lowest BCUT2D eigenvalue weighted by Gasteiger charge is -2.32. The molecule has 1 aromatic carbocycles. The van der Waals surface area contributed by atoms with Crippen molar-refractivity contribution in [1.82, 2.24) is 0 Å². The van der Waals surface area contributed by atoms with Crippen LogP contribution in [0.25, 0.3) is 0 Å². The van der Waals surface area contributed by atoms with Gasteiger partial charge in [-0.2, -0.15) is 0 Å². The highest BCUT2D eigenvalue weighted by Crippen LogP contribution is 2.37. The maximum Gasteiger partial charge on any atom is 0.167 e. The molecule has 4 nitrogen and oxygen atoms in total. The Kier molecular flexibility index (Phi) is 2.78. The predicted molar refractivity (Wildman–Crippen MR) is 58.7 cm³/mol. The van der Waals surface area contributed by atoms with Crippen LogP contribution in [0.2, 0.25) is 0 Å². The van der Waals surface area contributed by atoms with Crippen LogP contribution in [-0.4, -0.2) is 25.1 Å². The lowest BCUT2D eigenvalue weighted by molar-refractivity contribution is -0.204. The van der Waals surface area contributed by atoms with Crippen molar-refractivity contribution in [2.24, 2.45) is 0 Å². The Balaban J connectivity index is 2.50. The van der Waals surface area contributed by atoms with E-state index in [9.17, 15) is 5.11 Å². The maximum absolute atomic E-state index is 9.89. The number of aliphatic hydroxyl groups is 1. The first-order chi connectivity index (χ1) is 7.57. The van der Waals surface area contributed by atoms with Crippen molar-refractivity contribution < 1.29 is 19.3 Å². The van der Waals surface area contributed by atoms with Crippen LogP contribution in [0.3, 0.4) is 0 Å². The van der Waals surface area contributed by atoms with Gasteiger partial charge < -0.3 is 19.3 Å². The summed E-state index contributed by atoms with van der Waals surface area (Å²) in [5, 5.41) is 9.89. The van der Waals surface area contributed by atoms with Gasteiger partial charge >= 0.3 is 0 Å². The number of hydrogen-bond donors (Lipinski definition) is 1. The van der Waals surface area contributed by atoms with Gasteiger partial charge in [-0.25, -0.2) is 0 Å². The van der Waals surface area contributed by atoms with Crippen LogP contribution in [0, 0.1) is 0 Å². The zero-order chi connectivity index (χ0) is 11.8. The third-order valence-corrected chi connectivity index (χ3v) is 2.82. The minimum absolute atomic E-state index is 0.336. The lowest BCUT2D eigenvalue weighted by Crippen LogP contribution is -2.35. The first-order valence-electron chi connectivity index (χ1n) is 5.16. The summed E-state index contributed by atoms with van der Waals surface area (Å²) in [5.74, 6) is 0.401. The molecule has 1 atom stereocenters. The molecule has 0 aromatic heterocycles. The van der Waals surface area contributed by atoms with E-state index in [4.69, 9.17) is 14.2 Å². The van der Waals surface area contributed by atoms with E-state index >= 15 is 0 Å². The first kappa shape index (κ1) is 11.2. The minimum atomic E-state index is -1.13. The summed E-state index contributed by atoms with van der Waals surface area (Å²) < 4.78 is 15.9. The summed E-state index contributed by atoms with van der Waals surface area (Å²) in [4.78, 5) is 0. The summed E-state index contributed by atoms with van der Waals surface area (Å²) >= 11 is 0. The molecule has 16 heavy (non-hydrogen) atoms. The van der Waals surface area contributed by atoms with Gasteiger partial charge in [0.05, 0.1) is 20.8 Å². The average Bonchev–Trinajstić information content (AvgIpc) is 2.26. The van der Waals surface area contributed by atoms with Crippen molar-refractivity contribution in [2.75, 3.05) is 14.2 Å². The molecule has 1 heterocycles. The van der Waals surface area contributed by atoms with Crippen LogP contribution >= 0.6 is 0 Å². The van der Waals surface area contributed by atoms with E-state index in [1.165, 1.54) is 0 Å². The number of methoxy groups -OCH3 is 2. The molecule has 1 aliphatic heterocycles. The summed E-state index contributed by atoms with van der Waals surface area (Å²) in [6, 6.07) is 3.69. The van der Waals surface area contributed by atoms with Gasteiger partial charge in [0.2, 0.25) is 0 Å². The Morgan fingerprint density at radius 3 is 2.31 bits per heavy atom. The third-order valence-electron chi connectivity index (χ3n) is 2.82. The molecule has 0 saturated heterocycles. The number of ether oxygens (including phenoxy) is 3. The lowest BCUT2D eigenvalue weighted by atomic mass is 9.96. The summed E-state index contributed by atoms with van der Waals surface area (Å²) in [6.07, 6.45) is 0.405. The van der Waals surface area contributed by atoms with E-state index in [1.807, 2.05) is 12.1 Å². The Morgan fingerprint density at radius 1 is 1.19 bits per heavy atom. The average molecular weight is 224 g/mol. The summed E-state index contributed by atoms with van der Waals surface area (Å²) in [6.45, 7) is 1.98. The molecule has 0 saturated carbocycles. The van der Waals surface area contributed by atoms with E-state index in [-0.39, 0.29) is 0 Å².